The van der Waals surface area contributed by atoms with Crippen LogP contribution < -0.4 is 10.1 Å². The summed E-state index contributed by atoms with van der Waals surface area (Å²) in [6.45, 7) is 3.50. The van der Waals surface area contributed by atoms with Crippen LogP contribution in [0.5, 0.6) is 5.75 Å². The molecule has 25 heavy (non-hydrogen) atoms. The van der Waals surface area contributed by atoms with Crippen molar-refractivity contribution in [2.75, 3.05) is 33.0 Å². The molecule has 1 aliphatic heterocycles. The summed E-state index contributed by atoms with van der Waals surface area (Å²) in [5.74, 6) is 0.897. The second-order valence-electron chi connectivity index (χ2n) is 6.35. The summed E-state index contributed by atoms with van der Waals surface area (Å²) in [6, 6.07) is 15.5. The van der Waals surface area contributed by atoms with Gasteiger partial charge in [0.25, 0.3) is 0 Å². The molecule has 0 radical (unpaired) electrons. The third-order valence-electron chi connectivity index (χ3n) is 4.59. The zero-order valence-corrected chi connectivity index (χ0v) is 15.4. The standard InChI is InChI=1S/C19H24N2O3S/c1-24-19-6-4-3-5-17(19)18-13-20-11-12-21(18)14-15-7-9-16(10-8-15)25(2,22)23/h3-10,18,20H,11-14H2,1-2H3. The van der Waals surface area contributed by atoms with Gasteiger partial charge in [0, 0.05) is 38.0 Å². The fraction of sp³-hybridized carbons (Fsp3) is 0.368. The lowest BCUT2D eigenvalue weighted by molar-refractivity contribution is 0.151. The molecule has 1 saturated heterocycles. The molecule has 1 N–H and O–H groups in total. The molecule has 1 aliphatic rings. The zero-order chi connectivity index (χ0) is 17.9. The van der Waals surface area contributed by atoms with Crippen molar-refractivity contribution in [1.29, 1.82) is 0 Å². The number of nitrogens with zero attached hydrogens (tertiary/aromatic N) is 1. The van der Waals surface area contributed by atoms with Gasteiger partial charge in [0.05, 0.1) is 18.0 Å². The van der Waals surface area contributed by atoms with E-state index in [1.165, 1.54) is 11.8 Å². The van der Waals surface area contributed by atoms with Gasteiger partial charge in [0.2, 0.25) is 0 Å². The third-order valence-corrected chi connectivity index (χ3v) is 5.72. The van der Waals surface area contributed by atoms with Crippen molar-refractivity contribution < 1.29 is 13.2 Å². The molecule has 0 amide bonds. The number of sulfone groups is 1. The van der Waals surface area contributed by atoms with Crippen LogP contribution in [0, 0.1) is 0 Å². The first-order valence-electron chi connectivity index (χ1n) is 8.36. The van der Waals surface area contributed by atoms with E-state index >= 15 is 0 Å². The van der Waals surface area contributed by atoms with Gasteiger partial charge in [0.15, 0.2) is 9.84 Å². The average Bonchev–Trinajstić information content (AvgIpc) is 2.62. The number of rotatable bonds is 5. The smallest absolute Gasteiger partial charge is 0.175 e. The van der Waals surface area contributed by atoms with Crippen LogP contribution in [0.4, 0.5) is 0 Å². The first kappa shape index (κ1) is 17.9. The van der Waals surface area contributed by atoms with Gasteiger partial charge in [0.1, 0.15) is 5.75 Å². The minimum absolute atomic E-state index is 0.222. The molecular weight excluding hydrogens is 336 g/mol. The number of benzene rings is 2. The van der Waals surface area contributed by atoms with E-state index in [0.29, 0.717) is 4.90 Å². The maximum absolute atomic E-state index is 11.6. The maximum Gasteiger partial charge on any atom is 0.175 e. The van der Waals surface area contributed by atoms with Crippen LogP contribution in [0.15, 0.2) is 53.4 Å². The van der Waals surface area contributed by atoms with E-state index in [1.807, 2.05) is 30.3 Å². The van der Waals surface area contributed by atoms with Crippen LogP contribution in [-0.4, -0.2) is 46.3 Å². The molecular formula is C19H24N2O3S. The molecule has 0 spiro atoms. The zero-order valence-electron chi connectivity index (χ0n) is 14.6. The highest BCUT2D eigenvalue weighted by Gasteiger charge is 2.26. The summed E-state index contributed by atoms with van der Waals surface area (Å²) in [5.41, 5.74) is 2.28. The van der Waals surface area contributed by atoms with Gasteiger partial charge in [-0.25, -0.2) is 8.42 Å². The lowest BCUT2D eigenvalue weighted by atomic mass is 10.0. The van der Waals surface area contributed by atoms with Crippen molar-refractivity contribution in [2.45, 2.75) is 17.5 Å². The van der Waals surface area contributed by atoms with Crippen LogP contribution in [0.1, 0.15) is 17.2 Å². The first-order chi connectivity index (χ1) is 12.0. The summed E-state index contributed by atoms with van der Waals surface area (Å²) >= 11 is 0. The lowest BCUT2D eigenvalue weighted by Gasteiger charge is -2.37. The molecule has 1 unspecified atom stereocenters. The minimum atomic E-state index is -3.16. The molecule has 0 aromatic heterocycles. The molecule has 5 nitrogen and oxygen atoms in total. The third kappa shape index (κ3) is 4.21. The van der Waals surface area contributed by atoms with Crippen molar-refractivity contribution >= 4 is 9.84 Å². The monoisotopic (exact) mass is 360 g/mol. The second kappa shape index (κ2) is 7.56. The molecule has 0 aliphatic carbocycles. The molecule has 3 rings (SSSR count). The van der Waals surface area contributed by atoms with Gasteiger partial charge in [-0.05, 0) is 23.8 Å². The van der Waals surface area contributed by atoms with Crippen molar-refractivity contribution in [2.24, 2.45) is 0 Å². The summed E-state index contributed by atoms with van der Waals surface area (Å²) < 4.78 is 28.7. The summed E-state index contributed by atoms with van der Waals surface area (Å²) in [5, 5.41) is 3.45. The van der Waals surface area contributed by atoms with Crippen molar-refractivity contribution in [1.82, 2.24) is 10.2 Å². The Balaban J connectivity index is 1.82. The van der Waals surface area contributed by atoms with E-state index in [-0.39, 0.29) is 6.04 Å². The van der Waals surface area contributed by atoms with Crippen LogP contribution in [0.2, 0.25) is 0 Å². The SMILES string of the molecule is COc1ccccc1C1CNCCN1Cc1ccc(S(C)(=O)=O)cc1. The highest BCUT2D eigenvalue weighted by atomic mass is 32.2. The Bertz CT molecular complexity index is 819. The lowest BCUT2D eigenvalue weighted by Crippen LogP contribution is -2.45. The predicted molar refractivity (Wildman–Crippen MR) is 98.6 cm³/mol. The molecule has 1 fully saturated rings. The molecule has 0 bridgehead atoms. The molecule has 6 heteroatoms. The van der Waals surface area contributed by atoms with Crippen LogP contribution in [0.25, 0.3) is 0 Å². The number of piperazine rings is 1. The highest BCUT2D eigenvalue weighted by Crippen LogP contribution is 2.31. The number of para-hydroxylation sites is 1. The largest absolute Gasteiger partial charge is 0.496 e. The Morgan fingerprint density at radius 1 is 1.16 bits per heavy atom. The topological polar surface area (TPSA) is 58.6 Å². The molecule has 1 atom stereocenters. The normalized spacial score (nSPS) is 18.9. The highest BCUT2D eigenvalue weighted by molar-refractivity contribution is 7.90. The van der Waals surface area contributed by atoms with Gasteiger partial charge < -0.3 is 10.1 Å². The van der Waals surface area contributed by atoms with Crippen LogP contribution in [-0.2, 0) is 16.4 Å². The Morgan fingerprint density at radius 2 is 1.88 bits per heavy atom. The van der Waals surface area contributed by atoms with E-state index in [4.69, 9.17) is 4.74 Å². The maximum atomic E-state index is 11.6. The number of methoxy groups -OCH3 is 1. The van der Waals surface area contributed by atoms with Crippen molar-refractivity contribution in [3.8, 4) is 5.75 Å². The Kier molecular flexibility index (Phi) is 5.42. The quantitative estimate of drug-likeness (QED) is 0.886. The van der Waals surface area contributed by atoms with E-state index in [0.717, 1.165) is 37.5 Å². The number of ether oxygens (including phenoxy) is 1. The Hall–Kier alpha value is -1.89. The summed E-state index contributed by atoms with van der Waals surface area (Å²) in [4.78, 5) is 2.77. The first-order valence-corrected chi connectivity index (χ1v) is 10.2. The van der Waals surface area contributed by atoms with E-state index in [1.54, 1.807) is 19.2 Å². The molecule has 0 saturated carbocycles. The number of hydrogen-bond acceptors (Lipinski definition) is 5. The van der Waals surface area contributed by atoms with Crippen LogP contribution in [0.3, 0.4) is 0 Å². The van der Waals surface area contributed by atoms with E-state index in [2.05, 4.69) is 16.3 Å². The Morgan fingerprint density at radius 3 is 2.56 bits per heavy atom. The van der Waals surface area contributed by atoms with Gasteiger partial charge in [-0.3, -0.25) is 4.90 Å². The van der Waals surface area contributed by atoms with Gasteiger partial charge in [-0.15, -0.1) is 0 Å². The summed E-state index contributed by atoms with van der Waals surface area (Å²) in [6.07, 6.45) is 1.23. The molecule has 2 aromatic carbocycles. The molecule has 134 valence electrons. The van der Waals surface area contributed by atoms with Crippen molar-refractivity contribution in [3.05, 3.63) is 59.7 Å². The number of nitrogens with one attached hydrogen (secondary N) is 1. The Labute approximate surface area is 149 Å². The second-order valence-corrected chi connectivity index (χ2v) is 8.36. The van der Waals surface area contributed by atoms with E-state index < -0.39 is 9.84 Å². The van der Waals surface area contributed by atoms with Crippen molar-refractivity contribution in [3.63, 3.8) is 0 Å². The minimum Gasteiger partial charge on any atom is -0.496 e. The van der Waals surface area contributed by atoms with Crippen LogP contribution >= 0.6 is 0 Å². The molecule has 2 aromatic rings. The number of hydrogen-bond donors (Lipinski definition) is 1. The van der Waals surface area contributed by atoms with Gasteiger partial charge >= 0.3 is 0 Å². The van der Waals surface area contributed by atoms with Gasteiger partial charge in [-0.1, -0.05) is 30.3 Å². The van der Waals surface area contributed by atoms with E-state index in [9.17, 15) is 8.42 Å². The molecule has 1 heterocycles. The fourth-order valence-corrected chi connectivity index (χ4v) is 3.89. The predicted octanol–water partition coefficient (Wildman–Crippen LogP) is 2.25. The fourth-order valence-electron chi connectivity index (χ4n) is 3.26. The summed E-state index contributed by atoms with van der Waals surface area (Å²) in [7, 11) is -1.46. The average molecular weight is 360 g/mol. The van der Waals surface area contributed by atoms with Gasteiger partial charge in [-0.2, -0.15) is 0 Å².